The number of carbonyl (C=O) groups is 1. The zero-order valence-electron chi connectivity index (χ0n) is 14.4. The highest BCUT2D eigenvalue weighted by Crippen LogP contribution is 2.12. The predicted molar refractivity (Wildman–Crippen MR) is 108 cm³/mol. The van der Waals surface area contributed by atoms with E-state index in [9.17, 15) is 4.79 Å². The van der Waals surface area contributed by atoms with E-state index in [1.807, 2.05) is 19.1 Å². The first kappa shape index (κ1) is 25.5. The minimum atomic E-state index is -0.0409. The Labute approximate surface area is 163 Å². The van der Waals surface area contributed by atoms with Crippen molar-refractivity contribution < 1.29 is 4.79 Å². The van der Waals surface area contributed by atoms with Crippen LogP contribution in [-0.4, -0.2) is 61.5 Å². The fourth-order valence-electron chi connectivity index (χ4n) is 2.61. The van der Waals surface area contributed by atoms with Gasteiger partial charge in [-0.2, -0.15) is 0 Å². The second kappa shape index (κ2) is 11.8. The number of likely N-dealkylation sites (N-methyl/N-ethyl adjacent to an activating group) is 1. The first-order valence-electron chi connectivity index (χ1n) is 7.54. The quantitative estimate of drug-likeness (QED) is 0.762. The van der Waals surface area contributed by atoms with Gasteiger partial charge in [-0.1, -0.05) is 6.07 Å². The number of hydrogen-bond acceptors (Lipinski definition) is 4. The lowest BCUT2D eigenvalue weighted by Crippen LogP contribution is -2.51. The molecule has 0 aliphatic carbocycles. The van der Waals surface area contributed by atoms with Gasteiger partial charge in [-0.25, -0.2) is 0 Å². The van der Waals surface area contributed by atoms with E-state index >= 15 is 0 Å². The molecule has 2 rings (SSSR count). The van der Waals surface area contributed by atoms with Crippen LogP contribution < -0.4 is 11.1 Å². The maximum Gasteiger partial charge on any atom is 0.251 e. The molecule has 1 heterocycles. The van der Waals surface area contributed by atoms with E-state index in [2.05, 4.69) is 29.1 Å². The van der Waals surface area contributed by atoms with Crippen molar-refractivity contribution in [2.75, 3.05) is 45.5 Å². The topological polar surface area (TPSA) is 61.6 Å². The summed E-state index contributed by atoms with van der Waals surface area (Å²) in [4.78, 5) is 17.0. The number of amides is 1. The average molecular weight is 400 g/mol. The lowest BCUT2D eigenvalue weighted by molar-refractivity contribution is 0.0903. The van der Waals surface area contributed by atoms with Gasteiger partial charge in [0.05, 0.1) is 0 Å². The van der Waals surface area contributed by atoms with E-state index in [0.717, 1.165) is 31.7 Å². The summed E-state index contributed by atoms with van der Waals surface area (Å²) in [5, 5.41) is 3.03. The Kier molecular flexibility index (Phi) is 12.5. The Hall–Kier alpha value is -0.720. The van der Waals surface area contributed by atoms with Crippen molar-refractivity contribution in [3.8, 4) is 0 Å². The molecule has 0 spiro atoms. The van der Waals surface area contributed by atoms with E-state index in [1.165, 1.54) is 0 Å². The van der Waals surface area contributed by atoms with Crippen LogP contribution in [0.25, 0.3) is 0 Å². The average Bonchev–Trinajstić information content (AvgIpc) is 2.47. The van der Waals surface area contributed by atoms with E-state index in [-0.39, 0.29) is 43.1 Å². The molecule has 5 nitrogen and oxygen atoms in total. The summed E-state index contributed by atoms with van der Waals surface area (Å²) >= 11 is 0. The number of halogens is 3. The zero-order chi connectivity index (χ0) is 15.4. The predicted octanol–water partition coefficient (Wildman–Crippen LogP) is 2.21. The molecule has 3 N–H and O–H groups in total. The molecule has 1 aliphatic rings. The number of hydrogen-bond donors (Lipinski definition) is 2. The van der Waals surface area contributed by atoms with Gasteiger partial charge in [0.1, 0.15) is 0 Å². The van der Waals surface area contributed by atoms with Crippen LogP contribution in [0, 0.1) is 6.92 Å². The van der Waals surface area contributed by atoms with Gasteiger partial charge in [-0.15, -0.1) is 37.2 Å². The first-order valence-corrected chi connectivity index (χ1v) is 7.54. The number of aryl methyl sites for hydroxylation is 1. The van der Waals surface area contributed by atoms with Crippen LogP contribution in [-0.2, 0) is 0 Å². The fraction of sp³-hybridized carbons (Fsp3) is 0.562. The van der Waals surface area contributed by atoms with E-state index < -0.39 is 0 Å². The number of anilines is 1. The molecule has 8 heteroatoms. The molecule has 0 bridgehead atoms. The summed E-state index contributed by atoms with van der Waals surface area (Å²) in [6, 6.07) is 5.79. The van der Waals surface area contributed by atoms with Crippen LogP contribution in [0.4, 0.5) is 5.69 Å². The van der Waals surface area contributed by atoms with Crippen molar-refractivity contribution in [3.63, 3.8) is 0 Å². The van der Waals surface area contributed by atoms with Gasteiger partial charge in [-0.3, -0.25) is 9.69 Å². The molecule has 0 aromatic heterocycles. The van der Waals surface area contributed by atoms with Crippen LogP contribution >= 0.6 is 37.2 Å². The Bertz CT molecular complexity index is 508. The van der Waals surface area contributed by atoms with Crippen LogP contribution in [0.1, 0.15) is 22.8 Å². The molecular formula is C16H29Cl3N4O. The van der Waals surface area contributed by atoms with Gasteiger partial charge in [0.25, 0.3) is 5.91 Å². The Morgan fingerprint density at radius 3 is 2.38 bits per heavy atom. The largest absolute Gasteiger partial charge is 0.399 e. The molecule has 1 atom stereocenters. The Morgan fingerprint density at radius 1 is 1.21 bits per heavy atom. The highest BCUT2D eigenvalue weighted by molar-refractivity contribution is 5.96. The first-order chi connectivity index (χ1) is 9.97. The summed E-state index contributed by atoms with van der Waals surface area (Å²) < 4.78 is 0. The van der Waals surface area contributed by atoms with Crippen LogP contribution in [0.3, 0.4) is 0 Å². The third-order valence-electron chi connectivity index (χ3n) is 4.23. The third kappa shape index (κ3) is 7.03. The summed E-state index contributed by atoms with van der Waals surface area (Å²) in [5.74, 6) is -0.0409. The number of nitrogens with two attached hydrogens (primary N) is 1. The van der Waals surface area contributed by atoms with Gasteiger partial charge in [-0.05, 0) is 38.6 Å². The second-order valence-corrected chi connectivity index (χ2v) is 5.97. The number of piperazine rings is 1. The Balaban J connectivity index is 0. The van der Waals surface area contributed by atoms with E-state index in [4.69, 9.17) is 5.73 Å². The van der Waals surface area contributed by atoms with Gasteiger partial charge in [0.2, 0.25) is 0 Å². The van der Waals surface area contributed by atoms with Crippen molar-refractivity contribution >= 4 is 48.8 Å². The Morgan fingerprint density at radius 2 is 1.79 bits per heavy atom. The fourth-order valence-corrected chi connectivity index (χ4v) is 2.61. The monoisotopic (exact) mass is 398 g/mol. The van der Waals surface area contributed by atoms with Crippen LogP contribution in [0.5, 0.6) is 0 Å². The van der Waals surface area contributed by atoms with Crippen molar-refractivity contribution in [1.82, 2.24) is 15.1 Å². The molecule has 1 unspecified atom stereocenters. The number of carbonyl (C=O) groups excluding carboxylic acids is 1. The maximum atomic E-state index is 12.3. The maximum absolute atomic E-state index is 12.3. The number of nitrogen functional groups attached to an aromatic ring is 1. The van der Waals surface area contributed by atoms with Crippen molar-refractivity contribution in [2.24, 2.45) is 0 Å². The van der Waals surface area contributed by atoms with Crippen LogP contribution in [0.2, 0.25) is 0 Å². The van der Waals surface area contributed by atoms with Crippen LogP contribution in [0.15, 0.2) is 18.2 Å². The van der Waals surface area contributed by atoms with E-state index in [0.29, 0.717) is 23.8 Å². The number of nitrogens with one attached hydrogen (secondary N) is 1. The standard InChI is InChI=1S/C16H26N4O.3ClH/c1-12-4-5-14(17)10-15(12)16(21)18-11-13(2)20-8-6-19(3)7-9-20;;;/h4-5,10,13H,6-9,11,17H2,1-3H3,(H,18,21);3*1H. The molecule has 1 aromatic carbocycles. The van der Waals surface area contributed by atoms with Crippen molar-refractivity contribution in [3.05, 3.63) is 29.3 Å². The van der Waals surface area contributed by atoms with Gasteiger partial charge in [0.15, 0.2) is 0 Å². The second-order valence-electron chi connectivity index (χ2n) is 5.97. The van der Waals surface area contributed by atoms with Gasteiger partial charge in [0, 0.05) is 50.0 Å². The molecule has 0 radical (unpaired) electrons. The molecule has 1 fully saturated rings. The number of benzene rings is 1. The molecule has 140 valence electrons. The zero-order valence-corrected chi connectivity index (χ0v) is 16.9. The normalized spacial score (nSPS) is 16.1. The highest BCUT2D eigenvalue weighted by Gasteiger charge is 2.19. The molecule has 1 aliphatic heterocycles. The smallest absolute Gasteiger partial charge is 0.251 e. The number of rotatable bonds is 4. The molecule has 1 amide bonds. The van der Waals surface area contributed by atoms with Gasteiger partial charge >= 0.3 is 0 Å². The molecule has 24 heavy (non-hydrogen) atoms. The minimum absolute atomic E-state index is 0. The molecule has 0 saturated carbocycles. The van der Waals surface area contributed by atoms with Crippen molar-refractivity contribution in [2.45, 2.75) is 19.9 Å². The summed E-state index contributed by atoms with van der Waals surface area (Å²) in [7, 11) is 2.15. The lowest BCUT2D eigenvalue weighted by atomic mass is 10.1. The molecule has 1 saturated heterocycles. The SMILES string of the molecule is Cc1ccc(N)cc1C(=O)NCC(C)N1CCN(C)CC1.Cl.Cl.Cl. The minimum Gasteiger partial charge on any atom is -0.399 e. The van der Waals surface area contributed by atoms with Crippen molar-refractivity contribution in [1.29, 1.82) is 0 Å². The lowest BCUT2D eigenvalue weighted by Gasteiger charge is -2.36. The summed E-state index contributed by atoms with van der Waals surface area (Å²) in [6.45, 7) is 9.06. The highest BCUT2D eigenvalue weighted by atomic mass is 35.5. The molecule has 1 aromatic rings. The summed E-state index contributed by atoms with van der Waals surface area (Å²) in [5.41, 5.74) is 8.00. The van der Waals surface area contributed by atoms with E-state index in [1.54, 1.807) is 6.07 Å². The van der Waals surface area contributed by atoms with Gasteiger partial charge < -0.3 is 16.0 Å². The number of nitrogens with zero attached hydrogens (tertiary/aromatic N) is 2. The summed E-state index contributed by atoms with van der Waals surface area (Å²) in [6.07, 6.45) is 0. The third-order valence-corrected chi connectivity index (χ3v) is 4.23. The molecular weight excluding hydrogens is 371 g/mol.